The lowest BCUT2D eigenvalue weighted by molar-refractivity contribution is 0.126. The molecule has 0 aromatic carbocycles. The minimum Gasteiger partial charge on any atom is -0.380 e. The van der Waals surface area contributed by atoms with Gasteiger partial charge in [0.2, 0.25) is 0 Å². The van der Waals surface area contributed by atoms with Crippen LogP contribution in [0.2, 0.25) is 0 Å². The minimum absolute atomic E-state index is 0.882. The van der Waals surface area contributed by atoms with Crippen molar-refractivity contribution in [3.63, 3.8) is 0 Å². The molecule has 78 valence electrons. The zero-order valence-electron chi connectivity index (χ0n) is 8.55. The highest BCUT2D eigenvalue weighted by Crippen LogP contribution is 2.28. The molecule has 0 atom stereocenters. The van der Waals surface area contributed by atoms with Gasteiger partial charge in [-0.3, -0.25) is 0 Å². The predicted octanol–water partition coefficient (Wildman–Crippen LogP) is 1.76. The van der Waals surface area contributed by atoms with Gasteiger partial charge in [-0.05, 0) is 24.5 Å². The van der Waals surface area contributed by atoms with Crippen LogP contribution in [-0.4, -0.2) is 37.8 Å². The van der Waals surface area contributed by atoms with Crippen LogP contribution in [0, 0.1) is 5.92 Å². The molecular weight excluding hydrogens is 182 g/mol. The third-order valence-electron chi connectivity index (χ3n) is 2.10. The molecule has 2 nitrogen and oxygen atoms in total. The van der Waals surface area contributed by atoms with Gasteiger partial charge in [-0.15, -0.1) is 0 Å². The summed E-state index contributed by atoms with van der Waals surface area (Å²) in [5, 5.41) is 3.37. The Morgan fingerprint density at radius 2 is 2.23 bits per heavy atom. The molecule has 1 aliphatic rings. The predicted molar refractivity (Wildman–Crippen MR) is 59.4 cm³/mol. The number of rotatable bonds is 9. The van der Waals surface area contributed by atoms with E-state index in [-0.39, 0.29) is 0 Å². The largest absolute Gasteiger partial charge is 0.380 e. The lowest BCUT2D eigenvalue weighted by Crippen LogP contribution is -2.22. The van der Waals surface area contributed by atoms with Gasteiger partial charge in [0.15, 0.2) is 0 Å². The van der Waals surface area contributed by atoms with Gasteiger partial charge in [-0.1, -0.05) is 6.92 Å². The molecule has 1 aliphatic carbocycles. The molecule has 0 heterocycles. The molecule has 3 heteroatoms. The molecule has 0 amide bonds. The van der Waals surface area contributed by atoms with E-state index in [4.69, 9.17) is 4.74 Å². The molecule has 1 rings (SSSR count). The smallest absolute Gasteiger partial charge is 0.0591 e. The maximum absolute atomic E-state index is 5.49. The van der Waals surface area contributed by atoms with E-state index >= 15 is 0 Å². The first-order valence-electron chi connectivity index (χ1n) is 5.29. The van der Waals surface area contributed by atoms with E-state index in [1.807, 2.05) is 11.8 Å². The molecule has 0 aromatic heterocycles. The maximum Gasteiger partial charge on any atom is 0.0591 e. The van der Waals surface area contributed by atoms with Crippen molar-refractivity contribution in [3.8, 4) is 0 Å². The highest BCUT2D eigenvalue weighted by Gasteiger charge is 2.20. The average molecular weight is 203 g/mol. The monoisotopic (exact) mass is 203 g/mol. The van der Waals surface area contributed by atoms with Crippen LogP contribution in [0.3, 0.4) is 0 Å². The Labute approximate surface area is 85.8 Å². The van der Waals surface area contributed by atoms with Crippen LogP contribution in [0.4, 0.5) is 0 Å². The number of hydrogen-bond acceptors (Lipinski definition) is 3. The summed E-state index contributed by atoms with van der Waals surface area (Å²) in [6.07, 6.45) is 2.78. The Bertz CT molecular complexity index is 117. The minimum atomic E-state index is 0.882. The van der Waals surface area contributed by atoms with Gasteiger partial charge in [0.1, 0.15) is 0 Å². The molecular formula is C10H21NOS. The van der Waals surface area contributed by atoms with Crippen LogP contribution in [0.25, 0.3) is 0 Å². The molecule has 13 heavy (non-hydrogen) atoms. The van der Waals surface area contributed by atoms with E-state index in [1.165, 1.54) is 24.3 Å². The number of ether oxygens (including phenoxy) is 1. The number of thioether (sulfide) groups is 1. The van der Waals surface area contributed by atoms with Crippen LogP contribution < -0.4 is 5.32 Å². The standard InChI is InChI=1S/C10H21NOS/c1-2-13-8-6-11-5-7-12-9-10-3-4-10/h10-11H,2-9H2,1H3. The fraction of sp³-hybridized carbons (Fsp3) is 1.00. The van der Waals surface area contributed by atoms with Crippen molar-refractivity contribution < 1.29 is 4.74 Å². The molecule has 1 saturated carbocycles. The van der Waals surface area contributed by atoms with E-state index in [0.717, 1.165) is 32.2 Å². The molecule has 0 radical (unpaired) electrons. The van der Waals surface area contributed by atoms with Crippen molar-refractivity contribution in [2.75, 3.05) is 37.8 Å². The van der Waals surface area contributed by atoms with Gasteiger partial charge < -0.3 is 10.1 Å². The van der Waals surface area contributed by atoms with Crippen molar-refractivity contribution in [3.05, 3.63) is 0 Å². The summed E-state index contributed by atoms with van der Waals surface area (Å²) >= 11 is 1.98. The third-order valence-corrected chi connectivity index (χ3v) is 3.00. The summed E-state index contributed by atoms with van der Waals surface area (Å²) < 4.78 is 5.49. The fourth-order valence-electron chi connectivity index (χ4n) is 1.09. The quantitative estimate of drug-likeness (QED) is 0.577. The topological polar surface area (TPSA) is 21.3 Å². The van der Waals surface area contributed by atoms with E-state index in [1.54, 1.807) is 0 Å². The average Bonchev–Trinajstić information content (AvgIpc) is 2.93. The Morgan fingerprint density at radius 1 is 1.38 bits per heavy atom. The SMILES string of the molecule is CCSCCNCCOCC1CC1. The zero-order valence-corrected chi connectivity index (χ0v) is 9.37. The molecule has 0 spiro atoms. The van der Waals surface area contributed by atoms with E-state index < -0.39 is 0 Å². The van der Waals surface area contributed by atoms with Gasteiger partial charge in [0.25, 0.3) is 0 Å². The van der Waals surface area contributed by atoms with E-state index in [2.05, 4.69) is 12.2 Å². The van der Waals surface area contributed by atoms with Crippen LogP contribution in [0.15, 0.2) is 0 Å². The summed E-state index contributed by atoms with van der Waals surface area (Å²) in [4.78, 5) is 0. The molecule has 1 fully saturated rings. The summed E-state index contributed by atoms with van der Waals surface area (Å²) in [6.45, 7) is 6.20. The summed E-state index contributed by atoms with van der Waals surface area (Å²) in [7, 11) is 0. The Kier molecular flexibility index (Phi) is 6.68. The van der Waals surface area contributed by atoms with E-state index in [0.29, 0.717) is 0 Å². The van der Waals surface area contributed by atoms with Crippen LogP contribution >= 0.6 is 11.8 Å². The van der Waals surface area contributed by atoms with Gasteiger partial charge in [0.05, 0.1) is 6.61 Å². The van der Waals surface area contributed by atoms with Gasteiger partial charge in [-0.2, -0.15) is 11.8 Å². The second-order valence-corrected chi connectivity index (χ2v) is 4.86. The zero-order chi connectivity index (χ0) is 9.36. The molecule has 0 saturated heterocycles. The highest BCUT2D eigenvalue weighted by molar-refractivity contribution is 7.99. The second-order valence-electron chi connectivity index (χ2n) is 3.47. The Morgan fingerprint density at radius 3 is 2.92 bits per heavy atom. The second kappa shape index (κ2) is 7.65. The first-order chi connectivity index (χ1) is 6.43. The fourth-order valence-corrected chi connectivity index (χ4v) is 1.67. The van der Waals surface area contributed by atoms with Crippen LogP contribution in [0.5, 0.6) is 0 Å². The Hall–Kier alpha value is 0.270. The summed E-state index contributed by atoms with van der Waals surface area (Å²) in [5.74, 6) is 3.34. The summed E-state index contributed by atoms with van der Waals surface area (Å²) in [5.41, 5.74) is 0. The van der Waals surface area contributed by atoms with Crippen molar-refractivity contribution in [1.82, 2.24) is 5.32 Å². The molecule has 1 N–H and O–H groups in total. The third kappa shape index (κ3) is 7.35. The first kappa shape index (κ1) is 11.3. The van der Waals surface area contributed by atoms with Crippen molar-refractivity contribution >= 4 is 11.8 Å². The number of hydrogen-bond donors (Lipinski definition) is 1. The summed E-state index contributed by atoms with van der Waals surface area (Å²) in [6, 6.07) is 0. The molecule has 0 aromatic rings. The lowest BCUT2D eigenvalue weighted by Gasteiger charge is -2.04. The van der Waals surface area contributed by atoms with E-state index in [9.17, 15) is 0 Å². The van der Waals surface area contributed by atoms with Crippen molar-refractivity contribution in [2.45, 2.75) is 19.8 Å². The Balaban J connectivity index is 1.63. The van der Waals surface area contributed by atoms with Crippen LogP contribution in [-0.2, 0) is 4.74 Å². The molecule has 0 unspecified atom stereocenters. The molecule has 0 aliphatic heterocycles. The van der Waals surface area contributed by atoms with Crippen molar-refractivity contribution in [1.29, 1.82) is 0 Å². The first-order valence-corrected chi connectivity index (χ1v) is 6.45. The molecule has 0 bridgehead atoms. The highest BCUT2D eigenvalue weighted by atomic mass is 32.2. The number of nitrogens with one attached hydrogen (secondary N) is 1. The van der Waals surface area contributed by atoms with Crippen LogP contribution in [0.1, 0.15) is 19.8 Å². The normalized spacial score (nSPS) is 16.4. The van der Waals surface area contributed by atoms with Gasteiger partial charge in [-0.25, -0.2) is 0 Å². The van der Waals surface area contributed by atoms with Gasteiger partial charge >= 0.3 is 0 Å². The van der Waals surface area contributed by atoms with Gasteiger partial charge in [0, 0.05) is 25.4 Å². The van der Waals surface area contributed by atoms with Crippen molar-refractivity contribution in [2.24, 2.45) is 5.92 Å². The maximum atomic E-state index is 5.49. The lowest BCUT2D eigenvalue weighted by atomic mass is 10.5.